The number of nitrogens with zero attached hydrogens (tertiary/aromatic N) is 2. The Morgan fingerprint density at radius 1 is 1.56 bits per heavy atom. The Hall–Kier alpha value is -1.88. The third-order valence-corrected chi connectivity index (χ3v) is 2.69. The molecule has 1 rings (SSSR count). The quantitative estimate of drug-likeness (QED) is 0.636. The minimum atomic E-state index is -4.44. The second-order valence-corrected chi connectivity index (χ2v) is 4.48. The van der Waals surface area contributed by atoms with Crippen molar-refractivity contribution in [2.24, 2.45) is 5.14 Å². The molecule has 0 fully saturated rings. The second kappa shape index (κ2) is 4.78. The molecule has 0 radical (unpaired) electrons. The van der Waals surface area contributed by atoms with Crippen molar-refractivity contribution >= 4 is 15.7 Å². The van der Waals surface area contributed by atoms with Gasteiger partial charge in [0.05, 0.1) is 18.1 Å². The summed E-state index contributed by atoms with van der Waals surface area (Å²) < 4.78 is 51.8. The van der Waals surface area contributed by atoms with E-state index in [-0.39, 0.29) is 0 Å². The van der Waals surface area contributed by atoms with E-state index in [1.54, 1.807) is 0 Å². The number of methoxy groups -OCH3 is 1. The summed E-state index contributed by atoms with van der Waals surface area (Å²) in [5, 5.41) is 14.3. The minimum absolute atomic E-state index is 0.536. The number of nitrogens with two attached hydrogens (primary N) is 1. The Balaban J connectivity index is 3.68. The molecule has 100 valence electrons. The Morgan fingerprint density at radius 2 is 2.11 bits per heavy atom. The lowest BCUT2D eigenvalue weighted by Crippen LogP contribution is -2.17. The van der Waals surface area contributed by atoms with Crippen LogP contribution in [0.2, 0.25) is 0 Å². The first-order chi connectivity index (χ1) is 8.18. The zero-order chi connectivity index (χ0) is 14.1. The van der Waals surface area contributed by atoms with Gasteiger partial charge in [-0.3, -0.25) is 10.1 Å². The molecule has 0 amide bonds. The molecule has 2 N–H and O–H groups in total. The van der Waals surface area contributed by atoms with Crippen LogP contribution in [0.1, 0.15) is 12.1 Å². The number of primary sulfonamides is 1. The minimum Gasteiger partial charge on any atom is -0.493 e. The summed E-state index contributed by atoms with van der Waals surface area (Å²) in [6.07, 6.45) is -3.32. The fraction of sp³-hybridized carbons (Fsp3) is 0.286. The van der Waals surface area contributed by atoms with E-state index >= 15 is 0 Å². The predicted molar refractivity (Wildman–Crippen MR) is 53.8 cm³/mol. The summed E-state index contributed by atoms with van der Waals surface area (Å²) in [5.74, 6) is -0.575. The summed E-state index contributed by atoms with van der Waals surface area (Å²) in [6.45, 7) is 0. The van der Waals surface area contributed by atoms with Gasteiger partial charge in [0, 0.05) is 0 Å². The molecule has 18 heavy (non-hydrogen) atoms. The molecule has 0 aliphatic heterocycles. The van der Waals surface area contributed by atoms with E-state index in [2.05, 4.69) is 9.72 Å². The lowest BCUT2D eigenvalue weighted by Gasteiger charge is -2.08. The van der Waals surface area contributed by atoms with Gasteiger partial charge in [0.15, 0.2) is 11.4 Å². The Bertz CT molecular complexity index is 589. The van der Waals surface area contributed by atoms with Crippen molar-refractivity contribution in [3.63, 3.8) is 0 Å². The molecule has 1 aromatic rings. The maximum absolute atomic E-state index is 12.5. The fourth-order valence-electron chi connectivity index (χ4n) is 1.14. The number of rotatable bonds is 4. The number of halogens is 2. The van der Waals surface area contributed by atoms with Gasteiger partial charge in [-0.15, -0.1) is 0 Å². The maximum Gasteiger partial charge on any atom is 0.300 e. The van der Waals surface area contributed by atoms with E-state index in [1.807, 2.05) is 0 Å². The Morgan fingerprint density at radius 3 is 2.44 bits per heavy atom. The second-order valence-electron chi connectivity index (χ2n) is 3.00. The van der Waals surface area contributed by atoms with Gasteiger partial charge >= 0.3 is 0 Å². The number of sulfonamides is 1. The van der Waals surface area contributed by atoms with Crippen LogP contribution in [-0.4, -0.2) is 25.4 Å². The van der Waals surface area contributed by atoms with Crippen molar-refractivity contribution in [3.05, 3.63) is 21.9 Å². The number of pyridine rings is 1. The van der Waals surface area contributed by atoms with Crippen LogP contribution in [0.15, 0.2) is 11.1 Å². The van der Waals surface area contributed by atoms with E-state index in [1.165, 1.54) is 0 Å². The first-order valence-electron chi connectivity index (χ1n) is 4.22. The lowest BCUT2D eigenvalue weighted by molar-refractivity contribution is -0.386. The summed E-state index contributed by atoms with van der Waals surface area (Å²) in [5.41, 5.74) is -2.33. The third kappa shape index (κ3) is 2.68. The van der Waals surface area contributed by atoms with Crippen molar-refractivity contribution in [1.29, 1.82) is 0 Å². The average molecular weight is 283 g/mol. The highest BCUT2D eigenvalue weighted by molar-refractivity contribution is 7.89. The highest BCUT2D eigenvalue weighted by atomic mass is 32.2. The van der Waals surface area contributed by atoms with Crippen LogP contribution in [0, 0.1) is 10.1 Å². The molecule has 0 unspecified atom stereocenters. The summed E-state index contributed by atoms with van der Waals surface area (Å²) >= 11 is 0. The number of alkyl halides is 2. The first-order valence-corrected chi connectivity index (χ1v) is 5.77. The van der Waals surface area contributed by atoms with Crippen molar-refractivity contribution in [2.45, 2.75) is 11.5 Å². The Kier molecular flexibility index (Phi) is 3.76. The predicted octanol–water partition coefficient (Wildman–Crippen LogP) is 0.583. The van der Waals surface area contributed by atoms with E-state index in [4.69, 9.17) is 5.14 Å². The normalized spacial score (nSPS) is 11.6. The number of ether oxygens (including phenoxy) is 1. The monoisotopic (exact) mass is 283 g/mol. The summed E-state index contributed by atoms with van der Waals surface area (Å²) in [4.78, 5) is 12.4. The molecule has 1 aromatic heterocycles. The van der Waals surface area contributed by atoms with Gasteiger partial charge in [0.2, 0.25) is 5.03 Å². The van der Waals surface area contributed by atoms with Gasteiger partial charge in [0.1, 0.15) is 0 Å². The van der Waals surface area contributed by atoms with E-state index < -0.39 is 43.5 Å². The van der Waals surface area contributed by atoms with Crippen LogP contribution in [0.4, 0.5) is 14.5 Å². The number of hydrogen-bond acceptors (Lipinski definition) is 6. The van der Waals surface area contributed by atoms with E-state index in [0.717, 1.165) is 7.11 Å². The largest absolute Gasteiger partial charge is 0.493 e. The number of aromatic nitrogens is 1. The van der Waals surface area contributed by atoms with Crippen molar-refractivity contribution in [1.82, 2.24) is 4.98 Å². The zero-order valence-corrected chi connectivity index (χ0v) is 9.65. The molecule has 1 heterocycles. The van der Waals surface area contributed by atoms with E-state index in [9.17, 15) is 27.3 Å². The maximum atomic E-state index is 12.5. The molecule has 0 atom stereocenters. The van der Waals surface area contributed by atoms with Crippen molar-refractivity contribution in [3.8, 4) is 5.75 Å². The Labute approximate surface area is 99.6 Å². The van der Waals surface area contributed by atoms with Gasteiger partial charge in [-0.2, -0.15) is 0 Å². The molecule has 0 aliphatic rings. The molecule has 11 heteroatoms. The number of hydrogen-bond donors (Lipinski definition) is 1. The summed E-state index contributed by atoms with van der Waals surface area (Å²) in [6, 6.07) is 0.536. The number of nitro groups is 1. The molecular formula is C7H7F2N3O5S. The average Bonchev–Trinajstić information content (AvgIpc) is 2.25. The molecular weight excluding hydrogens is 276 g/mol. The smallest absolute Gasteiger partial charge is 0.300 e. The van der Waals surface area contributed by atoms with Crippen LogP contribution < -0.4 is 9.88 Å². The molecule has 0 spiro atoms. The molecule has 8 nitrogen and oxygen atoms in total. The standard InChI is InChI=1S/C7H7F2N3O5S/c1-17-4-2-3(12(13)14)5(6(8)9)11-7(4)18(10,15)16/h2,6H,1H3,(H2,10,15,16). The van der Waals surface area contributed by atoms with Crippen LogP contribution >= 0.6 is 0 Å². The van der Waals surface area contributed by atoms with Gasteiger partial charge in [-0.05, 0) is 0 Å². The van der Waals surface area contributed by atoms with Gasteiger partial charge in [-0.25, -0.2) is 27.3 Å². The molecule has 0 aliphatic carbocycles. The third-order valence-electron chi connectivity index (χ3n) is 1.86. The summed E-state index contributed by atoms with van der Waals surface area (Å²) in [7, 11) is -3.44. The van der Waals surface area contributed by atoms with Gasteiger partial charge < -0.3 is 4.74 Å². The topological polar surface area (TPSA) is 125 Å². The van der Waals surface area contributed by atoms with Crippen LogP contribution in [0.3, 0.4) is 0 Å². The van der Waals surface area contributed by atoms with E-state index in [0.29, 0.717) is 6.07 Å². The first kappa shape index (κ1) is 14.2. The van der Waals surface area contributed by atoms with Gasteiger partial charge in [0.25, 0.3) is 22.1 Å². The molecule has 0 saturated heterocycles. The van der Waals surface area contributed by atoms with Gasteiger partial charge in [-0.1, -0.05) is 0 Å². The molecule has 0 bridgehead atoms. The molecule has 0 saturated carbocycles. The van der Waals surface area contributed by atoms with Crippen molar-refractivity contribution in [2.75, 3.05) is 7.11 Å². The van der Waals surface area contributed by atoms with Crippen LogP contribution in [0.5, 0.6) is 5.75 Å². The van der Waals surface area contributed by atoms with Crippen LogP contribution in [-0.2, 0) is 10.0 Å². The molecule has 0 aromatic carbocycles. The zero-order valence-electron chi connectivity index (χ0n) is 8.83. The SMILES string of the molecule is COc1cc([N+](=O)[O-])c(C(F)F)nc1S(N)(=O)=O. The highest BCUT2D eigenvalue weighted by Gasteiger charge is 2.30. The highest BCUT2D eigenvalue weighted by Crippen LogP contribution is 2.33. The fourth-order valence-corrected chi connectivity index (χ4v) is 1.79. The lowest BCUT2D eigenvalue weighted by atomic mass is 10.3. The van der Waals surface area contributed by atoms with Crippen molar-refractivity contribution < 1.29 is 26.9 Å². The van der Waals surface area contributed by atoms with Crippen LogP contribution in [0.25, 0.3) is 0 Å².